The van der Waals surface area contributed by atoms with Gasteiger partial charge in [-0.05, 0) is 30.4 Å². The third-order valence-electron chi connectivity index (χ3n) is 3.84. The van der Waals surface area contributed by atoms with Gasteiger partial charge in [-0.3, -0.25) is 4.57 Å². The molecule has 1 unspecified atom stereocenters. The van der Waals surface area contributed by atoms with Gasteiger partial charge in [0.1, 0.15) is 0 Å². The van der Waals surface area contributed by atoms with Gasteiger partial charge in [0.2, 0.25) is 0 Å². The van der Waals surface area contributed by atoms with Crippen LogP contribution in [0.3, 0.4) is 0 Å². The molecule has 0 fully saturated rings. The van der Waals surface area contributed by atoms with E-state index >= 15 is 0 Å². The second kappa shape index (κ2) is 10.8. The van der Waals surface area contributed by atoms with Crippen LogP contribution in [0, 0.1) is 0 Å². The van der Waals surface area contributed by atoms with E-state index in [9.17, 15) is 4.57 Å². The quantitative estimate of drug-likeness (QED) is 0.418. The number of benzene rings is 1. The lowest BCUT2D eigenvalue weighted by atomic mass is 10.0. The first-order valence-electron chi connectivity index (χ1n) is 8.48. The summed E-state index contributed by atoms with van der Waals surface area (Å²) in [6.45, 7) is 2.23. The van der Waals surface area contributed by atoms with Crippen molar-refractivity contribution in [2.75, 3.05) is 0 Å². The Morgan fingerprint density at radius 1 is 1.04 bits per heavy atom. The fraction of sp³-hybridized carbons (Fsp3) is 0.556. The summed E-state index contributed by atoms with van der Waals surface area (Å²) in [6.07, 6.45) is 10.9. The molecule has 1 atom stereocenters. The summed E-state index contributed by atoms with van der Waals surface area (Å²) in [4.78, 5) is 17.6. The number of rotatable bonds is 11. The third kappa shape index (κ3) is 10.5. The van der Waals surface area contributed by atoms with E-state index in [0.29, 0.717) is 6.42 Å². The Morgan fingerprint density at radius 2 is 1.61 bits per heavy atom. The highest BCUT2D eigenvalue weighted by Gasteiger charge is 2.08. The van der Waals surface area contributed by atoms with Gasteiger partial charge in [-0.25, -0.2) is 0 Å². The maximum atomic E-state index is 10.8. The summed E-state index contributed by atoms with van der Waals surface area (Å²) in [5, 5.41) is 0. The van der Waals surface area contributed by atoms with Crippen LogP contribution in [0.2, 0.25) is 0 Å². The number of hydrogen-bond donors (Lipinski definition) is 3. The van der Waals surface area contributed by atoms with Crippen molar-refractivity contribution in [2.24, 2.45) is 5.73 Å². The van der Waals surface area contributed by atoms with Gasteiger partial charge in [-0.1, -0.05) is 69.4 Å². The molecule has 0 amide bonds. The first kappa shape index (κ1) is 20.1. The maximum Gasteiger partial charge on any atom is 0.348 e. The van der Waals surface area contributed by atoms with E-state index in [-0.39, 0.29) is 6.04 Å². The van der Waals surface area contributed by atoms with E-state index in [0.717, 1.165) is 17.8 Å². The summed E-state index contributed by atoms with van der Waals surface area (Å²) in [5.74, 6) is 0.880. The average molecular weight is 339 g/mol. The van der Waals surface area contributed by atoms with Crippen LogP contribution in [0.4, 0.5) is 0 Å². The molecule has 0 heterocycles. The van der Waals surface area contributed by atoms with E-state index in [4.69, 9.17) is 15.5 Å². The van der Waals surface area contributed by atoms with Gasteiger partial charge in [0.05, 0.1) is 0 Å². The first-order chi connectivity index (χ1) is 10.9. The zero-order chi connectivity index (χ0) is 17.1. The summed E-state index contributed by atoms with van der Waals surface area (Å²) in [6, 6.07) is 7.98. The Morgan fingerprint density at radius 3 is 2.22 bits per heavy atom. The predicted molar refractivity (Wildman–Crippen MR) is 96.4 cm³/mol. The molecular formula is C18H30NO3P. The van der Waals surface area contributed by atoms with Crippen LogP contribution in [-0.4, -0.2) is 15.8 Å². The Balaban J connectivity index is 2.33. The average Bonchev–Trinajstić information content (AvgIpc) is 2.50. The zero-order valence-corrected chi connectivity index (χ0v) is 14.9. The minimum atomic E-state index is -4.12. The predicted octanol–water partition coefficient (Wildman–Crippen LogP) is 4.15. The van der Waals surface area contributed by atoms with E-state index in [2.05, 4.69) is 31.2 Å². The van der Waals surface area contributed by atoms with Crippen molar-refractivity contribution >= 4 is 7.60 Å². The molecule has 0 aliphatic heterocycles. The number of aryl methyl sites for hydroxylation is 1. The van der Waals surface area contributed by atoms with Crippen LogP contribution in [-0.2, 0) is 17.4 Å². The van der Waals surface area contributed by atoms with E-state index in [1.807, 2.05) is 0 Å². The van der Waals surface area contributed by atoms with E-state index < -0.39 is 7.60 Å². The monoisotopic (exact) mass is 339 g/mol. The Labute approximate surface area is 140 Å². The molecule has 0 aliphatic rings. The highest BCUT2D eigenvalue weighted by molar-refractivity contribution is 7.55. The molecule has 1 rings (SSSR count). The molecule has 0 saturated carbocycles. The molecule has 5 heteroatoms. The Hall–Kier alpha value is -0.930. The molecule has 4 nitrogen and oxygen atoms in total. The molecule has 0 saturated heterocycles. The number of hydrogen-bond acceptors (Lipinski definition) is 2. The fourth-order valence-corrected chi connectivity index (χ4v) is 2.96. The standard InChI is InChI=1S/C18H30NO3P/c1-2-3-4-5-6-7-8-16-9-11-17(12-10-16)15-18(19)13-14-23(20,21)22/h9-14,18H,2-8,15,19H2,1H3,(H2,20,21,22). The number of unbranched alkanes of at least 4 members (excludes halogenated alkanes) is 5. The van der Waals surface area contributed by atoms with Crippen molar-refractivity contribution in [3.05, 3.63) is 47.3 Å². The Kier molecular flexibility index (Phi) is 9.42. The molecule has 23 heavy (non-hydrogen) atoms. The molecule has 1 aromatic carbocycles. The topological polar surface area (TPSA) is 83.6 Å². The molecule has 1 aromatic rings. The second-order valence-electron chi connectivity index (χ2n) is 6.13. The largest absolute Gasteiger partial charge is 0.348 e. The van der Waals surface area contributed by atoms with Gasteiger partial charge in [-0.2, -0.15) is 0 Å². The number of nitrogens with two attached hydrogens (primary N) is 1. The van der Waals surface area contributed by atoms with E-state index in [1.165, 1.54) is 50.2 Å². The smallest absolute Gasteiger partial charge is 0.324 e. The highest BCUT2D eigenvalue weighted by atomic mass is 31.2. The molecule has 130 valence electrons. The van der Waals surface area contributed by atoms with Crippen molar-refractivity contribution in [1.82, 2.24) is 0 Å². The van der Waals surface area contributed by atoms with Crippen LogP contribution >= 0.6 is 7.60 Å². The fourth-order valence-electron chi connectivity index (χ4n) is 2.51. The molecule has 0 radical (unpaired) electrons. The lowest BCUT2D eigenvalue weighted by Gasteiger charge is -2.08. The SMILES string of the molecule is CCCCCCCCc1ccc(CC(N)C=CP(=O)(O)O)cc1. The Bertz CT molecular complexity index is 508. The molecule has 0 aromatic heterocycles. The highest BCUT2D eigenvalue weighted by Crippen LogP contribution is 2.36. The van der Waals surface area contributed by atoms with Crippen LogP contribution in [0.15, 0.2) is 36.2 Å². The van der Waals surface area contributed by atoms with Gasteiger partial charge in [0, 0.05) is 11.9 Å². The summed E-state index contributed by atoms with van der Waals surface area (Å²) in [5.41, 5.74) is 8.28. The lowest BCUT2D eigenvalue weighted by molar-refractivity contribution is 0.386. The molecule has 0 spiro atoms. The van der Waals surface area contributed by atoms with Crippen molar-refractivity contribution in [3.63, 3.8) is 0 Å². The van der Waals surface area contributed by atoms with Gasteiger partial charge in [0.15, 0.2) is 0 Å². The van der Waals surface area contributed by atoms with Crippen molar-refractivity contribution in [3.8, 4) is 0 Å². The van der Waals surface area contributed by atoms with Gasteiger partial charge in [0.25, 0.3) is 0 Å². The van der Waals surface area contributed by atoms with Gasteiger partial charge >= 0.3 is 7.60 Å². The third-order valence-corrected chi connectivity index (χ3v) is 4.40. The minimum absolute atomic E-state index is 0.382. The summed E-state index contributed by atoms with van der Waals surface area (Å²) >= 11 is 0. The normalized spacial score (nSPS) is 13.6. The van der Waals surface area contributed by atoms with Crippen molar-refractivity contribution < 1.29 is 14.4 Å². The maximum absolute atomic E-state index is 10.8. The molecule has 0 aliphatic carbocycles. The van der Waals surface area contributed by atoms with Crippen LogP contribution in [0.25, 0.3) is 0 Å². The van der Waals surface area contributed by atoms with Crippen molar-refractivity contribution in [1.29, 1.82) is 0 Å². The minimum Gasteiger partial charge on any atom is -0.324 e. The van der Waals surface area contributed by atoms with Gasteiger partial charge < -0.3 is 15.5 Å². The summed E-state index contributed by atoms with van der Waals surface area (Å²) < 4.78 is 10.8. The second-order valence-corrected chi connectivity index (χ2v) is 7.61. The van der Waals surface area contributed by atoms with Crippen LogP contribution in [0.5, 0.6) is 0 Å². The van der Waals surface area contributed by atoms with Crippen molar-refractivity contribution in [2.45, 2.75) is 64.3 Å². The summed E-state index contributed by atoms with van der Waals surface area (Å²) in [7, 11) is -4.12. The molecule has 4 N–H and O–H groups in total. The van der Waals surface area contributed by atoms with E-state index in [1.54, 1.807) is 0 Å². The van der Waals surface area contributed by atoms with Crippen LogP contribution < -0.4 is 5.73 Å². The lowest BCUT2D eigenvalue weighted by Crippen LogP contribution is -2.19. The first-order valence-corrected chi connectivity index (χ1v) is 10.2. The van der Waals surface area contributed by atoms with Crippen LogP contribution in [0.1, 0.15) is 56.6 Å². The van der Waals surface area contributed by atoms with Gasteiger partial charge in [-0.15, -0.1) is 0 Å². The molecule has 0 bridgehead atoms. The zero-order valence-electron chi connectivity index (χ0n) is 14.0. The molecular weight excluding hydrogens is 309 g/mol.